The molecule has 0 spiro atoms. The first-order valence-corrected chi connectivity index (χ1v) is 5.62. The molecular formula is C9H15N3S. The van der Waals surface area contributed by atoms with E-state index in [0.29, 0.717) is 0 Å². The van der Waals surface area contributed by atoms with Gasteiger partial charge in [-0.25, -0.2) is 0 Å². The maximum atomic E-state index is 4.17. The molecule has 0 N–H and O–H groups in total. The predicted molar refractivity (Wildman–Crippen MR) is 55.3 cm³/mol. The van der Waals surface area contributed by atoms with Crippen molar-refractivity contribution in [3.8, 4) is 0 Å². The molecular weight excluding hydrogens is 182 g/mol. The summed E-state index contributed by atoms with van der Waals surface area (Å²) in [6.45, 7) is 6.61. The first kappa shape index (κ1) is 8.94. The monoisotopic (exact) mass is 197 g/mol. The number of piperidine rings is 1. The summed E-state index contributed by atoms with van der Waals surface area (Å²) in [6, 6.07) is 0. The summed E-state index contributed by atoms with van der Waals surface area (Å²) in [5.41, 5.74) is 0. The van der Waals surface area contributed by atoms with Crippen LogP contribution in [0.5, 0.6) is 0 Å². The highest BCUT2D eigenvalue weighted by Gasteiger charge is 2.18. The predicted octanol–water partition coefficient (Wildman–Crippen LogP) is 2.08. The van der Waals surface area contributed by atoms with Gasteiger partial charge in [0, 0.05) is 13.1 Å². The highest BCUT2D eigenvalue weighted by Crippen LogP contribution is 2.25. The largest absolute Gasteiger partial charge is 0.346 e. The lowest BCUT2D eigenvalue weighted by Gasteiger charge is -2.29. The van der Waals surface area contributed by atoms with Gasteiger partial charge in [-0.15, -0.1) is 10.2 Å². The van der Waals surface area contributed by atoms with Gasteiger partial charge in [-0.3, -0.25) is 0 Å². The number of hydrogen-bond acceptors (Lipinski definition) is 4. The second-order valence-corrected chi connectivity index (χ2v) is 4.96. The van der Waals surface area contributed by atoms with Crippen LogP contribution in [0.2, 0.25) is 0 Å². The van der Waals surface area contributed by atoms with Crippen molar-refractivity contribution in [3.63, 3.8) is 0 Å². The average molecular weight is 197 g/mol. The van der Waals surface area contributed by atoms with Crippen LogP contribution >= 0.6 is 11.3 Å². The molecule has 1 unspecified atom stereocenters. The third-order valence-electron chi connectivity index (χ3n) is 2.44. The van der Waals surface area contributed by atoms with Crippen LogP contribution in [0.3, 0.4) is 0 Å². The van der Waals surface area contributed by atoms with E-state index in [2.05, 4.69) is 22.0 Å². The number of aryl methyl sites for hydroxylation is 1. The first-order chi connectivity index (χ1) is 6.25. The van der Waals surface area contributed by atoms with E-state index in [0.717, 1.165) is 29.1 Å². The Kier molecular flexibility index (Phi) is 2.49. The second-order valence-electron chi connectivity index (χ2n) is 3.80. The van der Waals surface area contributed by atoms with E-state index in [-0.39, 0.29) is 0 Å². The Balaban J connectivity index is 2.08. The topological polar surface area (TPSA) is 29.0 Å². The zero-order valence-electron chi connectivity index (χ0n) is 8.16. The van der Waals surface area contributed by atoms with Crippen molar-refractivity contribution in [3.05, 3.63) is 5.01 Å². The molecule has 0 amide bonds. The van der Waals surface area contributed by atoms with Crippen molar-refractivity contribution in [2.24, 2.45) is 5.92 Å². The maximum Gasteiger partial charge on any atom is 0.208 e. The minimum atomic E-state index is 0.804. The van der Waals surface area contributed by atoms with Crippen LogP contribution in [-0.4, -0.2) is 23.3 Å². The summed E-state index contributed by atoms with van der Waals surface area (Å²) >= 11 is 1.70. The fraction of sp³-hybridized carbons (Fsp3) is 0.778. The van der Waals surface area contributed by atoms with E-state index >= 15 is 0 Å². The molecule has 3 nitrogen and oxygen atoms in total. The Bertz CT molecular complexity index is 284. The molecule has 1 aromatic rings. The molecule has 0 aromatic carbocycles. The smallest absolute Gasteiger partial charge is 0.208 e. The minimum Gasteiger partial charge on any atom is -0.346 e. The molecule has 2 heterocycles. The van der Waals surface area contributed by atoms with E-state index in [1.165, 1.54) is 12.8 Å². The van der Waals surface area contributed by atoms with Gasteiger partial charge in [0.15, 0.2) is 0 Å². The number of nitrogens with zero attached hydrogens (tertiary/aromatic N) is 3. The van der Waals surface area contributed by atoms with Crippen molar-refractivity contribution in [1.29, 1.82) is 0 Å². The van der Waals surface area contributed by atoms with Crippen molar-refractivity contribution in [2.75, 3.05) is 18.0 Å². The van der Waals surface area contributed by atoms with Gasteiger partial charge in [-0.05, 0) is 25.7 Å². The van der Waals surface area contributed by atoms with Crippen molar-refractivity contribution in [2.45, 2.75) is 26.7 Å². The summed E-state index contributed by atoms with van der Waals surface area (Å²) < 4.78 is 0. The SMILES string of the molecule is Cc1nnc(N2CCCC(C)C2)s1. The molecule has 0 bridgehead atoms. The molecule has 1 fully saturated rings. The summed E-state index contributed by atoms with van der Waals surface area (Å²) in [5, 5.41) is 10.4. The van der Waals surface area contributed by atoms with Crippen LogP contribution in [0, 0.1) is 12.8 Å². The van der Waals surface area contributed by atoms with Crippen LogP contribution in [0.15, 0.2) is 0 Å². The molecule has 72 valence electrons. The van der Waals surface area contributed by atoms with Crippen LogP contribution in [-0.2, 0) is 0 Å². The van der Waals surface area contributed by atoms with Crippen molar-refractivity contribution in [1.82, 2.24) is 10.2 Å². The van der Waals surface area contributed by atoms with Gasteiger partial charge in [0.2, 0.25) is 5.13 Å². The Morgan fingerprint density at radius 1 is 1.46 bits per heavy atom. The summed E-state index contributed by atoms with van der Waals surface area (Å²) in [7, 11) is 0. The van der Waals surface area contributed by atoms with Gasteiger partial charge < -0.3 is 4.90 Å². The lowest BCUT2D eigenvalue weighted by Crippen LogP contribution is -2.34. The van der Waals surface area contributed by atoms with E-state index in [9.17, 15) is 0 Å². The Labute approximate surface area is 82.8 Å². The standard InChI is InChI=1S/C9H15N3S/c1-7-4-3-5-12(6-7)9-11-10-8(2)13-9/h7H,3-6H2,1-2H3. The Morgan fingerprint density at radius 2 is 2.31 bits per heavy atom. The quantitative estimate of drug-likeness (QED) is 0.690. The van der Waals surface area contributed by atoms with Crippen molar-refractivity contribution < 1.29 is 0 Å². The fourth-order valence-electron chi connectivity index (χ4n) is 1.78. The van der Waals surface area contributed by atoms with Crippen LogP contribution in [0.4, 0.5) is 5.13 Å². The van der Waals surface area contributed by atoms with Gasteiger partial charge >= 0.3 is 0 Å². The lowest BCUT2D eigenvalue weighted by molar-refractivity contribution is 0.446. The zero-order valence-corrected chi connectivity index (χ0v) is 8.97. The molecule has 1 aliphatic rings. The van der Waals surface area contributed by atoms with Gasteiger partial charge in [0.1, 0.15) is 5.01 Å². The number of aromatic nitrogens is 2. The molecule has 2 rings (SSSR count). The van der Waals surface area contributed by atoms with E-state index in [1.54, 1.807) is 11.3 Å². The van der Waals surface area contributed by atoms with Crippen LogP contribution in [0.1, 0.15) is 24.8 Å². The summed E-state index contributed by atoms with van der Waals surface area (Å²) in [6.07, 6.45) is 2.65. The minimum absolute atomic E-state index is 0.804. The molecule has 1 atom stereocenters. The zero-order chi connectivity index (χ0) is 9.26. The highest BCUT2D eigenvalue weighted by atomic mass is 32.1. The average Bonchev–Trinajstić information content (AvgIpc) is 2.52. The van der Waals surface area contributed by atoms with Gasteiger partial charge in [0.05, 0.1) is 0 Å². The van der Waals surface area contributed by atoms with Crippen LogP contribution in [0.25, 0.3) is 0 Å². The van der Waals surface area contributed by atoms with Gasteiger partial charge in [-0.1, -0.05) is 18.3 Å². The summed E-state index contributed by atoms with van der Waals surface area (Å²) in [5.74, 6) is 0.804. The number of rotatable bonds is 1. The Morgan fingerprint density at radius 3 is 2.92 bits per heavy atom. The van der Waals surface area contributed by atoms with E-state index in [1.807, 2.05) is 6.92 Å². The molecule has 0 saturated carbocycles. The molecule has 1 aliphatic heterocycles. The third-order valence-corrected chi connectivity index (χ3v) is 3.34. The highest BCUT2D eigenvalue weighted by molar-refractivity contribution is 7.15. The van der Waals surface area contributed by atoms with E-state index in [4.69, 9.17) is 0 Å². The van der Waals surface area contributed by atoms with Crippen LogP contribution < -0.4 is 4.90 Å². The van der Waals surface area contributed by atoms with Gasteiger partial charge in [-0.2, -0.15) is 0 Å². The maximum absolute atomic E-state index is 4.17. The van der Waals surface area contributed by atoms with Gasteiger partial charge in [0.25, 0.3) is 0 Å². The molecule has 4 heteroatoms. The molecule has 0 radical (unpaired) electrons. The van der Waals surface area contributed by atoms with E-state index < -0.39 is 0 Å². The number of hydrogen-bond donors (Lipinski definition) is 0. The molecule has 13 heavy (non-hydrogen) atoms. The molecule has 1 aromatic heterocycles. The molecule has 0 aliphatic carbocycles. The third kappa shape index (κ3) is 1.99. The molecule has 1 saturated heterocycles. The van der Waals surface area contributed by atoms with Crippen molar-refractivity contribution >= 4 is 16.5 Å². The fourth-order valence-corrected chi connectivity index (χ4v) is 2.50. The normalized spacial score (nSPS) is 23.5. The summed E-state index contributed by atoms with van der Waals surface area (Å²) in [4.78, 5) is 2.36. The first-order valence-electron chi connectivity index (χ1n) is 4.81. The lowest BCUT2D eigenvalue weighted by atomic mass is 10.0. The Hall–Kier alpha value is -0.640. The second kappa shape index (κ2) is 3.62. The number of anilines is 1.